The molecule has 3 heteroatoms. The number of aliphatic hydroxyl groups is 1. The van der Waals surface area contributed by atoms with E-state index >= 15 is 0 Å². The molecule has 0 aliphatic carbocycles. The lowest BCUT2D eigenvalue weighted by Crippen LogP contribution is -2.36. The van der Waals surface area contributed by atoms with E-state index in [9.17, 15) is 4.79 Å². The summed E-state index contributed by atoms with van der Waals surface area (Å²) in [6.45, 7) is 1.74. The second-order valence-electron chi connectivity index (χ2n) is 4.47. The molecular weight excluding hydrogens is 226 g/mol. The lowest BCUT2D eigenvalue weighted by molar-refractivity contribution is -0.121. The van der Waals surface area contributed by atoms with Crippen LogP contribution in [0.1, 0.15) is 12.5 Å². The number of benzene rings is 2. The number of carbonyl (C=O) groups excluding carboxylic acids is 1. The molecule has 2 N–H and O–H groups in total. The molecular formula is C15H17NO2. The van der Waals surface area contributed by atoms with Gasteiger partial charge in [-0.1, -0.05) is 42.5 Å². The highest BCUT2D eigenvalue weighted by Crippen LogP contribution is 2.18. The van der Waals surface area contributed by atoms with Gasteiger partial charge in [-0.05, 0) is 23.3 Å². The first-order valence-corrected chi connectivity index (χ1v) is 6.07. The zero-order chi connectivity index (χ0) is 13.0. The maximum atomic E-state index is 11.8. The SMILES string of the molecule is C[C@@H](CO)NC(=O)Cc1cccc2ccccc12. The predicted octanol–water partition coefficient (Wildman–Crippen LogP) is 1.88. The number of fused-ring (bicyclic) bond motifs is 1. The number of rotatable bonds is 4. The number of aliphatic hydroxyl groups excluding tert-OH is 1. The fourth-order valence-electron chi connectivity index (χ4n) is 1.99. The van der Waals surface area contributed by atoms with Gasteiger partial charge in [-0.25, -0.2) is 0 Å². The first-order chi connectivity index (χ1) is 8.70. The highest BCUT2D eigenvalue weighted by molar-refractivity contribution is 5.90. The number of nitrogens with one attached hydrogen (secondary N) is 1. The summed E-state index contributed by atoms with van der Waals surface area (Å²) in [5.41, 5.74) is 1.01. The number of carbonyl (C=O) groups is 1. The van der Waals surface area contributed by atoms with Crippen LogP contribution in [0.25, 0.3) is 10.8 Å². The highest BCUT2D eigenvalue weighted by Gasteiger charge is 2.09. The van der Waals surface area contributed by atoms with Crippen molar-refractivity contribution in [2.24, 2.45) is 0 Å². The molecule has 0 aromatic heterocycles. The van der Waals surface area contributed by atoms with Crippen LogP contribution in [-0.4, -0.2) is 23.7 Å². The molecule has 0 saturated carbocycles. The molecule has 3 nitrogen and oxygen atoms in total. The summed E-state index contributed by atoms with van der Waals surface area (Å²) in [6.07, 6.45) is 0.339. The van der Waals surface area contributed by atoms with Gasteiger partial charge in [0.25, 0.3) is 0 Å². The van der Waals surface area contributed by atoms with E-state index < -0.39 is 0 Å². The molecule has 2 aromatic rings. The van der Waals surface area contributed by atoms with Gasteiger partial charge in [-0.2, -0.15) is 0 Å². The third-order valence-corrected chi connectivity index (χ3v) is 2.91. The van der Waals surface area contributed by atoms with Gasteiger partial charge in [-0.3, -0.25) is 4.79 Å². The Morgan fingerprint density at radius 3 is 2.72 bits per heavy atom. The molecule has 94 valence electrons. The van der Waals surface area contributed by atoms with E-state index in [1.165, 1.54) is 0 Å². The second-order valence-corrected chi connectivity index (χ2v) is 4.47. The lowest BCUT2D eigenvalue weighted by Gasteiger charge is -2.11. The van der Waals surface area contributed by atoms with E-state index in [0.29, 0.717) is 6.42 Å². The Kier molecular flexibility index (Phi) is 3.95. The van der Waals surface area contributed by atoms with Gasteiger partial charge in [0.15, 0.2) is 0 Å². The first kappa shape index (κ1) is 12.6. The van der Waals surface area contributed by atoms with Crippen LogP contribution >= 0.6 is 0 Å². The van der Waals surface area contributed by atoms with Gasteiger partial charge < -0.3 is 10.4 Å². The molecule has 0 fully saturated rings. The molecule has 2 rings (SSSR count). The van der Waals surface area contributed by atoms with Crippen LogP contribution in [0, 0.1) is 0 Å². The Hall–Kier alpha value is -1.87. The average Bonchev–Trinajstić information content (AvgIpc) is 2.39. The Bertz CT molecular complexity index is 546. The maximum Gasteiger partial charge on any atom is 0.224 e. The van der Waals surface area contributed by atoms with Gasteiger partial charge in [0.2, 0.25) is 5.91 Å². The van der Waals surface area contributed by atoms with Crippen molar-refractivity contribution in [3.63, 3.8) is 0 Å². The van der Waals surface area contributed by atoms with E-state index in [0.717, 1.165) is 16.3 Å². The van der Waals surface area contributed by atoms with Crippen molar-refractivity contribution in [3.8, 4) is 0 Å². The van der Waals surface area contributed by atoms with E-state index in [1.807, 2.05) is 42.5 Å². The minimum absolute atomic E-state index is 0.0404. The molecule has 1 atom stereocenters. The van der Waals surface area contributed by atoms with Crippen molar-refractivity contribution < 1.29 is 9.90 Å². The molecule has 0 spiro atoms. The van der Waals surface area contributed by atoms with Crippen molar-refractivity contribution in [2.45, 2.75) is 19.4 Å². The predicted molar refractivity (Wildman–Crippen MR) is 72.3 cm³/mol. The fourth-order valence-corrected chi connectivity index (χ4v) is 1.99. The molecule has 0 radical (unpaired) electrons. The summed E-state index contributed by atoms with van der Waals surface area (Å²) < 4.78 is 0. The zero-order valence-electron chi connectivity index (χ0n) is 10.4. The summed E-state index contributed by atoms with van der Waals surface area (Å²) in [6, 6.07) is 13.8. The van der Waals surface area contributed by atoms with Crippen LogP contribution in [0.5, 0.6) is 0 Å². The van der Waals surface area contributed by atoms with Gasteiger partial charge in [0.1, 0.15) is 0 Å². The van der Waals surface area contributed by atoms with Gasteiger partial charge in [0.05, 0.1) is 13.0 Å². The van der Waals surface area contributed by atoms with Crippen molar-refractivity contribution in [1.29, 1.82) is 0 Å². The summed E-state index contributed by atoms with van der Waals surface area (Å²) >= 11 is 0. The number of amides is 1. The van der Waals surface area contributed by atoms with Crippen molar-refractivity contribution >= 4 is 16.7 Å². The van der Waals surface area contributed by atoms with Gasteiger partial charge >= 0.3 is 0 Å². The van der Waals surface area contributed by atoms with E-state index in [2.05, 4.69) is 5.32 Å². The summed E-state index contributed by atoms with van der Waals surface area (Å²) in [5.74, 6) is -0.0621. The molecule has 0 saturated heterocycles. The largest absolute Gasteiger partial charge is 0.394 e. The smallest absolute Gasteiger partial charge is 0.224 e. The van der Waals surface area contributed by atoms with Crippen LogP contribution < -0.4 is 5.32 Å². The molecule has 2 aromatic carbocycles. The Morgan fingerprint density at radius 1 is 1.22 bits per heavy atom. The average molecular weight is 243 g/mol. The molecule has 0 aliphatic heterocycles. The van der Waals surface area contributed by atoms with Crippen molar-refractivity contribution in [3.05, 3.63) is 48.0 Å². The monoisotopic (exact) mass is 243 g/mol. The Morgan fingerprint density at radius 2 is 1.94 bits per heavy atom. The van der Waals surface area contributed by atoms with Crippen LogP contribution in [0.4, 0.5) is 0 Å². The standard InChI is InChI=1S/C15H17NO2/c1-11(10-17)16-15(18)9-13-7-4-6-12-5-2-3-8-14(12)13/h2-8,11,17H,9-10H2,1H3,(H,16,18)/t11-/m0/s1. The van der Waals surface area contributed by atoms with E-state index in [4.69, 9.17) is 5.11 Å². The van der Waals surface area contributed by atoms with Gasteiger partial charge in [0, 0.05) is 6.04 Å². The molecule has 0 heterocycles. The van der Waals surface area contributed by atoms with Gasteiger partial charge in [-0.15, -0.1) is 0 Å². The third kappa shape index (κ3) is 2.87. The molecule has 0 unspecified atom stereocenters. The summed E-state index contributed by atoms with van der Waals surface area (Å²) in [4.78, 5) is 11.8. The maximum absolute atomic E-state index is 11.8. The fraction of sp³-hybridized carbons (Fsp3) is 0.267. The van der Waals surface area contributed by atoms with Crippen LogP contribution in [-0.2, 0) is 11.2 Å². The topological polar surface area (TPSA) is 49.3 Å². The van der Waals surface area contributed by atoms with Crippen LogP contribution in [0.3, 0.4) is 0 Å². The Balaban J connectivity index is 2.19. The lowest BCUT2D eigenvalue weighted by atomic mass is 10.0. The van der Waals surface area contributed by atoms with E-state index in [1.54, 1.807) is 6.92 Å². The first-order valence-electron chi connectivity index (χ1n) is 6.07. The summed E-state index contributed by atoms with van der Waals surface area (Å²) in [7, 11) is 0. The highest BCUT2D eigenvalue weighted by atomic mass is 16.3. The normalized spacial score (nSPS) is 12.3. The van der Waals surface area contributed by atoms with Crippen molar-refractivity contribution in [2.75, 3.05) is 6.61 Å². The van der Waals surface area contributed by atoms with Crippen LogP contribution in [0.2, 0.25) is 0 Å². The van der Waals surface area contributed by atoms with E-state index in [-0.39, 0.29) is 18.6 Å². The molecule has 1 amide bonds. The molecule has 0 bridgehead atoms. The summed E-state index contributed by atoms with van der Waals surface area (Å²) in [5, 5.41) is 13.9. The third-order valence-electron chi connectivity index (χ3n) is 2.91. The minimum Gasteiger partial charge on any atom is -0.394 e. The quantitative estimate of drug-likeness (QED) is 0.861. The molecule has 18 heavy (non-hydrogen) atoms. The minimum atomic E-state index is -0.201. The second kappa shape index (κ2) is 5.65. The zero-order valence-corrected chi connectivity index (χ0v) is 10.4. The number of hydrogen-bond acceptors (Lipinski definition) is 2. The Labute approximate surface area is 106 Å². The van der Waals surface area contributed by atoms with Crippen LogP contribution in [0.15, 0.2) is 42.5 Å². The molecule has 0 aliphatic rings. The van der Waals surface area contributed by atoms with Crippen molar-refractivity contribution in [1.82, 2.24) is 5.32 Å². The number of hydrogen-bond donors (Lipinski definition) is 2.